The smallest absolute Gasteiger partial charge is 0.322 e. The standard InChI is InChI=1S/C26H31N3O2S/c1-20(2)16-29(26(31)27-23-12-8-5-9-13-23)19-25(30)28(17-22-10-6-4-7-11-22)18-24-21(3)14-15-32-24/h4-15,20H,16-19H2,1-3H3,(H,27,31). The number of thiophene rings is 1. The molecule has 6 heteroatoms. The highest BCUT2D eigenvalue weighted by atomic mass is 32.1. The van der Waals surface area contributed by atoms with E-state index in [9.17, 15) is 9.59 Å². The Labute approximate surface area is 194 Å². The summed E-state index contributed by atoms with van der Waals surface area (Å²) in [4.78, 5) is 31.0. The molecule has 0 unspecified atom stereocenters. The van der Waals surface area contributed by atoms with Gasteiger partial charge < -0.3 is 15.1 Å². The Kier molecular flexibility index (Phi) is 8.45. The minimum absolute atomic E-state index is 0.0358. The number of nitrogens with one attached hydrogen (secondary N) is 1. The van der Waals surface area contributed by atoms with E-state index in [0.29, 0.717) is 25.3 Å². The molecule has 1 N–H and O–H groups in total. The lowest BCUT2D eigenvalue weighted by Gasteiger charge is -2.29. The Morgan fingerprint density at radius 3 is 2.16 bits per heavy atom. The van der Waals surface area contributed by atoms with Gasteiger partial charge in [0.2, 0.25) is 5.91 Å². The molecule has 2 aromatic carbocycles. The van der Waals surface area contributed by atoms with Gasteiger partial charge in [-0.1, -0.05) is 62.4 Å². The van der Waals surface area contributed by atoms with Gasteiger partial charge in [-0.2, -0.15) is 0 Å². The van der Waals surface area contributed by atoms with Crippen molar-refractivity contribution in [3.8, 4) is 0 Å². The minimum Gasteiger partial charge on any atom is -0.332 e. The van der Waals surface area contributed by atoms with Crippen LogP contribution in [-0.4, -0.2) is 34.8 Å². The topological polar surface area (TPSA) is 52.7 Å². The molecule has 0 aliphatic rings. The van der Waals surface area contributed by atoms with Crippen LogP contribution in [0.4, 0.5) is 10.5 Å². The summed E-state index contributed by atoms with van der Waals surface area (Å²) in [5, 5.41) is 4.96. The number of amides is 3. The highest BCUT2D eigenvalue weighted by Gasteiger charge is 2.23. The number of hydrogen-bond donors (Lipinski definition) is 1. The van der Waals surface area contributed by atoms with Gasteiger partial charge in [0, 0.05) is 23.7 Å². The lowest BCUT2D eigenvalue weighted by molar-refractivity contribution is -0.133. The molecule has 0 saturated heterocycles. The molecule has 0 bridgehead atoms. The summed E-state index contributed by atoms with van der Waals surface area (Å²) in [6.45, 7) is 7.74. The number of para-hydroxylation sites is 1. The Hall–Kier alpha value is -3.12. The van der Waals surface area contributed by atoms with Gasteiger partial charge >= 0.3 is 6.03 Å². The summed E-state index contributed by atoms with van der Waals surface area (Å²) < 4.78 is 0. The third kappa shape index (κ3) is 6.95. The first-order valence-corrected chi connectivity index (χ1v) is 11.8. The van der Waals surface area contributed by atoms with Crippen molar-refractivity contribution in [1.29, 1.82) is 0 Å². The zero-order valence-electron chi connectivity index (χ0n) is 19.0. The van der Waals surface area contributed by atoms with Crippen LogP contribution in [0.15, 0.2) is 72.1 Å². The average Bonchev–Trinajstić information content (AvgIpc) is 3.18. The molecule has 0 saturated carbocycles. The fourth-order valence-electron chi connectivity index (χ4n) is 3.42. The molecule has 1 aromatic heterocycles. The van der Waals surface area contributed by atoms with Gasteiger partial charge in [-0.15, -0.1) is 11.3 Å². The number of urea groups is 1. The molecule has 5 nitrogen and oxygen atoms in total. The lowest BCUT2D eigenvalue weighted by atomic mass is 10.2. The molecule has 0 aliphatic carbocycles. The number of benzene rings is 2. The molecule has 0 atom stereocenters. The van der Waals surface area contributed by atoms with Crippen molar-refractivity contribution in [3.05, 3.63) is 88.1 Å². The van der Waals surface area contributed by atoms with Crippen molar-refractivity contribution in [2.75, 3.05) is 18.4 Å². The number of aryl methyl sites for hydroxylation is 1. The SMILES string of the molecule is Cc1ccsc1CN(Cc1ccccc1)C(=O)CN(CC(C)C)C(=O)Nc1ccccc1. The Morgan fingerprint density at radius 1 is 0.906 bits per heavy atom. The van der Waals surface area contributed by atoms with E-state index >= 15 is 0 Å². The summed E-state index contributed by atoms with van der Waals surface area (Å²) in [6.07, 6.45) is 0. The molecule has 0 radical (unpaired) electrons. The minimum atomic E-state index is -0.259. The van der Waals surface area contributed by atoms with Crippen LogP contribution < -0.4 is 5.32 Å². The van der Waals surface area contributed by atoms with Gasteiger partial charge in [-0.3, -0.25) is 4.79 Å². The summed E-state index contributed by atoms with van der Waals surface area (Å²) >= 11 is 1.66. The second-order valence-corrected chi connectivity index (χ2v) is 9.33. The van der Waals surface area contributed by atoms with Crippen LogP contribution in [0.5, 0.6) is 0 Å². The van der Waals surface area contributed by atoms with Crippen molar-refractivity contribution in [3.63, 3.8) is 0 Å². The number of carbonyl (C=O) groups is 2. The highest BCUT2D eigenvalue weighted by molar-refractivity contribution is 7.10. The van der Waals surface area contributed by atoms with Gasteiger partial charge in [0.1, 0.15) is 6.54 Å². The molecule has 168 valence electrons. The normalized spacial score (nSPS) is 10.8. The molecule has 0 aliphatic heterocycles. The molecule has 0 fully saturated rings. The fourth-order valence-corrected chi connectivity index (χ4v) is 4.34. The first-order chi connectivity index (χ1) is 15.4. The van der Waals surface area contributed by atoms with Gasteiger partial charge in [0.15, 0.2) is 0 Å². The fraction of sp³-hybridized carbons (Fsp3) is 0.308. The molecule has 3 aromatic rings. The van der Waals surface area contributed by atoms with E-state index in [1.807, 2.05) is 84.8 Å². The number of nitrogens with zero attached hydrogens (tertiary/aromatic N) is 2. The number of anilines is 1. The van der Waals surface area contributed by atoms with E-state index in [1.54, 1.807) is 16.2 Å². The van der Waals surface area contributed by atoms with E-state index in [2.05, 4.69) is 18.3 Å². The maximum Gasteiger partial charge on any atom is 0.322 e. The summed E-state index contributed by atoms with van der Waals surface area (Å²) in [6, 6.07) is 21.1. The first kappa shape index (κ1) is 23.5. The Bertz CT molecular complexity index is 1000. The summed E-state index contributed by atoms with van der Waals surface area (Å²) in [7, 11) is 0. The third-order valence-electron chi connectivity index (χ3n) is 5.10. The molecule has 3 amide bonds. The van der Waals surface area contributed by atoms with E-state index in [0.717, 1.165) is 5.56 Å². The monoisotopic (exact) mass is 449 g/mol. The van der Waals surface area contributed by atoms with Gasteiger partial charge in [0.05, 0.1) is 6.54 Å². The molecule has 0 spiro atoms. The Balaban J connectivity index is 1.76. The maximum atomic E-state index is 13.4. The Morgan fingerprint density at radius 2 is 1.56 bits per heavy atom. The van der Waals surface area contributed by atoms with Crippen LogP contribution in [0, 0.1) is 12.8 Å². The molecule has 3 rings (SSSR count). The predicted molar refractivity (Wildman–Crippen MR) is 132 cm³/mol. The second kappa shape index (κ2) is 11.5. The quantitative estimate of drug-likeness (QED) is 0.450. The molecule has 32 heavy (non-hydrogen) atoms. The van der Waals surface area contributed by atoms with Crippen LogP contribution >= 0.6 is 11.3 Å². The van der Waals surface area contributed by atoms with Gasteiger partial charge in [-0.05, 0) is 47.5 Å². The number of rotatable bonds is 9. The third-order valence-corrected chi connectivity index (χ3v) is 6.10. The molecule has 1 heterocycles. The van der Waals surface area contributed by atoms with E-state index in [4.69, 9.17) is 0 Å². The first-order valence-electron chi connectivity index (χ1n) is 10.9. The zero-order chi connectivity index (χ0) is 22.9. The van der Waals surface area contributed by atoms with Crippen molar-refractivity contribution in [2.24, 2.45) is 5.92 Å². The van der Waals surface area contributed by atoms with E-state index < -0.39 is 0 Å². The van der Waals surface area contributed by atoms with Crippen LogP contribution in [0.3, 0.4) is 0 Å². The van der Waals surface area contributed by atoms with Crippen LogP contribution in [0.25, 0.3) is 0 Å². The van der Waals surface area contributed by atoms with Crippen LogP contribution in [0.1, 0.15) is 29.9 Å². The second-order valence-electron chi connectivity index (χ2n) is 8.33. The highest BCUT2D eigenvalue weighted by Crippen LogP contribution is 2.20. The van der Waals surface area contributed by atoms with Crippen LogP contribution in [-0.2, 0) is 17.9 Å². The van der Waals surface area contributed by atoms with E-state index in [1.165, 1.54) is 10.4 Å². The van der Waals surface area contributed by atoms with E-state index in [-0.39, 0.29) is 24.4 Å². The maximum absolute atomic E-state index is 13.4. The van der Waals surface area contributed by atoms with Crippen molar-refractivity contribution in [1.82, 2.24) is 9.80 Å². The lowest BCUT2D eigenvalue weighted by Crippen LogP contribution is -2.45. The number of hydrogen-bond acceptors (Lipinski definition) is 3. The zero-order valence-corrected chi connectivity index (χ0v) is 19.8. The molecular formula is C26H31N3O2S. The molecular weight excluding hydrogens is 418 g/mol. The van der Waals surface area contributed by atoms with Crippen molar-refractivity contribution < 1.29 is 9.59 Å². The van der Waals surface area contributed by atoms with Crippen molar-refractivity contribution in [2.45, 2.75) is 33.9 Å². The van der Waals surface area contributed by atoms with Gasteiger partial charge in [-0.25, -0.2) is 4.79 Å². The predicted octanol–water partition coefficient (Wildman–Crippen LogP) is 5.78. The number of carbonyl (C=O) groups excluding carboxylic acids is 2. The average molecular weight is 450 g/mol. The van der Waals surface area contributed by atoms with Crippen LogP contribution in [0.2, 0.25) is 0 Å². The largest absolute Gasteiger partial charge is 0.332 e. The summed E-state index contributed by atoms with van der Waals surface area (Å²) in [5.41, 5.74) is 2.97. The van der Waals surface area contributed by atoms with Crippen molar-refractivity contribution >= 4 is 29.0 Å². The summed E-state index contributed by atoms with van der Waals surface area (Å²) in [5.74, 6) is 0.178. The van der Waals surface area contributed by atoms with Gasteiger partial charge in [0.25, 0.3) is 0 Å².